The predicted molar refractivity (Wildman–Crippen MR) is 78.2 cm³/mol. The van der Waals surface area contributed by atoms with Crippen LogP contribution in [0.1, 0.15) is 12.0 Å². The van der Waals surface area contributed by atoms with Crippen LogP contribution in [0.4, 0.5) is 11.4 Å². The highest BCUT2D eigenvalue weighted by molar-refractivity contribution is 5.63. The molecule has 0 spiro atoms. The van der Waals surface area contributed by atoms with E-state index in [1.54, 1.807) is 6.07 Å². The van der Waals surface area contributed by atoms with Gasteiger partial charge in [-0.1, -0.05) is 0 Å². The molecule has 0 aromatic heterocycles. The second-order valence-corrected chi connectivity index (χ2v) is 4.98. The maximum Gasteiger partial charge on any atom is 0.270 e. The maximum atomic E-state index is 10.8. The molecule has 1 aliphatic rings. The van der Waals surface area contributed by atoms with Crippen LogP contribution in [0.2, 0.25) is 0 Å². The Labute approximate surface area is 123 Å². The summed E-state index contributed by atoms with van der Waals surface area (Å²) in [7, 11) is 0. The smallest absolute Gasteiger partial charge is 0.270 e. The largest absolute Gasteiger partial charge is 0.396 e. The Kier molecular flexibility index (Phi) is 5.09. The number of non-ortho nitro benzene ring substituents is 1. The zero-order valence-corrected chi connectivity index (χ0v) is 11.7. The van der Waals surface area contributed by atoms with Crippen molar-refractivity contribution in [1.29, 1.82) is 5.26 Å². The Morgan fingerprint density at radius 2 is 2.05 bits per heavy atom. The fraction of sp³-hybridized carbons (Fsp3) is 0.500. The van der Waals surface area contributed by atoms with Gasteiger partial charge in [0.25, 0.3) is 5.69 Å². The van der Waals surface area contributed by atoms with Crippen LogP contribution >= 0.6 is 0 Å². The van der Waals surface area contributed by atoms with Crippen molar-refractivity contribution in [1.82, 2.24) is 4.90 Å². The van der Waals surface area contributed by atoms with Crippen molar-refractivity contribution in [2.24, 2.45) is 0 Å². The highest BCUT2D eigenvalue weighted by Crippen LogP contribution is 2.25. The van der Waals surface area contributed by atoms with Gasteiger partial charge in [-0.25, -0.2) is 0 Å². The number of anilines is 1. The Hall–Kier alpha value is -2.17. The van der Waals surface area contributed by atoms with Crippen LogP contribution in [0.3, 0.4) is 0 Å². The summed E-state index contributed by atoms with van der Waals surface area (Å²) in [5.41, 5.74) is 1.04. The lowest BCUT2D eigenvalue weighted by atomic mass is 10.1. The average Bonchev–Trinajstić information content (AvgIpc) is 2.52. The zero-order chi connectivity index (χ0) is 15.2. The Bertz CT molecular complexity index is 548. The highest BCUT2D eigenvalue weighted by Gasteiger charge is 2.20. The number of rotatable bonds is 5. The quantitative estimate of drug-likeness (QED) is 0.641. The van der Waals surface area contributed by atoms with Gasteiger partial charge in [0.15, 0.2) is 0 Å². The molecule has 1 N–H and O–H groups in total. The van der Waals surface area contributed by atoms with Crippen LogP contribution in [-0.4, -0.2) is 54.3 Å². The van der Waals surface area contributed by atoms with E-state index < -0.39 is 4.92 Å². The molecule has 0 atom stereocenters. The second-order valence-electron chi connectivity index (χ2n) is 4.98. The Morgan fingerprint density at radius 3 is 2.62 bits per heavy atom. The summed E-state index contributed by atoms with van der Waals surface area (Å²) >= 11 is 0. The van der Waals surface area contributed by atoms with Crippen LogP contribution in [0, 0.1) is 21.4 Å². The average molecular weight is 290 g/mol. The summed E-state index contributed by atoms with van der Waals surface area (Å²) in [6.07, 6.45) is 0.765. The van der Waals surface area contributed by atoms with E-state index in [9.17, 15) is 15.4 Å². The van der Waals surface area contributed by atoms with Crippen molar-refractivity contribution in [3.05, 3.63) is 33.9 Å². The molecule has 112 valence electrons. The molecule has 1 saturated heterocycles. The molecule has 7 heteroatoms. The second kappa shape index (κ2) is 7.02. The molecule has 1 aromatic rings. The van der Waals surface area contributed by atoms with E-state index in [0.29, 0.717) is 5.56 Å². The van der Waals surface area contributed by atoms with Gasteiger partial charge >= 0.3 is 0 Å². The van der Waals surface area contributed by atoms with E-state index in [0.717, 1.165) is 44.8 Å². The minimum Gasteiger partial charge on any atom is -0.396 e. The van der Waals surface area contributed by atoms with Gasteiger partial charge in [-0.05, 0) is 12.5 Å². The van der Waals surface area contributed by atoms with Crippen molar-refractivity contribution in [3.8, 4) is 6.07 Å². The SMILES string of the molecule is N#Cc1cc([N+](=O)[O-])ccc1N1CCN(CCCO)CC1. The molecule has 1 heterocycles. The molecule has 1 aliphatic heterocycles. The van der Waals surface area contributed by atoms with Gasteiger partial charge in [-0.15, -0.1) is 0 Å². The number of nitro benzene ring substituents is 1. The fourth-order valence-electron chi connectivity index (χ4n) is 2.51. The van der Waals surface area contributed by atoms with E-state index in [2.05, 4.69) is 9.80 Å². The predicted octanol–water partition coefficient (Wildman–Crippen LogP) is 0.971. The van der Waals surface area contributed by atoms with Crippen LogP contribution in [0.15, 0.2) is 18.2 Å². The first-order chi connectivity index (χ1) is 10.2. The molecule has 21 heavy (non-hydrogen) atoms. The number of benzene rings is 1. The normalized spacial score (nSPS) is 15.7. The van der Waals surface area contributed by atoms with Gasteiger partial charge in [0.05, 0.1) is 16.2 Å². The lowest BCUT2D eigenvalue weighted by Gasteiger charge is -2.36. The van der Waals surface area contributed by atoms with E-state index in [4.69, 9.17) is 5.11 Å². The minimum atomic E-state index is -0.489. The molecule has 0 radical (unpaired) electrons. The van der Waals surface area contributed by atoms with Gasteiger partial charge in [0.2, 0.25) is 0 Å². The van der Waals surface area contributed by atoms with Crippen LogP contribution in [-0.2, 0) is 0 Å². The number of hydrogen-bond acceptors (Lipinski definition) is 6. The molecule has 0 aliphatic carbocycles. The third-order valence-corrected chi connectivity index (χ3v) is 3.66. The Morgan fingerprint density at radius 1 is 1.33 bits per heavy atom. The van der Waals surface area contributed by atoms with E-state index in [1.807, 2.05) is 6.07 Å². The monoisotopic (exact) mass is 290 g/mol. The molecule has 0 saturated carbocycles. The molecule has 0 unspecified atom stereocenters. The molecular weight excluding hydrogens is 272 g/mol. The third-order valence-electron chi connectivity index (χ3n) is 3.66. The third kappa shape index (κ3) is 3.68. The molecule has 1 aromatic carbocycles. The number of nitriles is 1. The van der Waals surface area contributed by atoms with E-state index in [-0.39, 0.29) is 12.3 Å². The van der Waals surface area contributed by atoms with Crippen molar-refractivity contribution < 1.29 is 10.0 Å². The zero-order valence-electron chi connectivity index (χ0n) is 11.7. The maximum absolute atomic E-state index is 10.8. The summed E-state index contributed by atoms with van der Waals surface area (Å²) in [6, 6.07) is 6.46. The van der Waals surface area contributed by atoms with Crippen LogP contribution < -0.4 is 4.90 Å². The molecule has 0 amide bonds. The molecule has 2 rings (SSSR count). The topological polar surface area (TPSA) is 93.6 Å². The van der Waals surface area contributed by atoms with Crippen molar-refractivity contribution in [2.75, 3.05) is 44.2 Å². The van der Waals surface area contributed by atoms with Gasteiger partial charge in [-0.2, -0.15) is 5.26 Å². The van der Waals surface area contributed by atoms with Crippen molar-refractivity contribution in [2.45, 2.75) is 6.42 Å². The van der Waals surface area contributed by atoms with Crippen molar-refractivity contribution in [3.63, 3.8) is 0 Å². The molecular formula is C14H18N4O3. The number of hydrogen-bond donors (Lipinski definition) is 1. The van der Waals surface area contributed by atoms with Gasteiger partial charge in [-0.3, -0.25) is 15.0 Å². The summed E-state index contributed by atoms with van der Waals surface area (Å²) in [4.78, 5) is 14.6. The summed E-state index contributed by atoms with van der Waals surface area (Å²) in [6.45, 7) is 4.34. The summed E-state index contributed by atoms with van der Waals surface area (Å²) < 4.78 is 0. The highest BCUT2D eigenvalue weighted by atomic mass is 16.6. The van der Waals surface area contributed by atoms with Gasteiger partial charge < -0.3 is 10.0 Å². The van der Waals surface area contributed by atoms with E-state index in [1.165, 1.54) is 12.1 Å². The molecule has 7 nitrogen and oxygen atoms in total. The first kappa shape index (κ1) is 15.2. The van der Waals surface area contributed by atoms with E-state index >= 15 is 0 Å². The lowest BCUT2D eigenvalue weighted by Crippen LogP contribution is -2.47. The lowest BCUT2D eigenvalue weighted by molar-refractivity contribution is -0.384. The minimum absolute atomic E-state index is 0.0584. The summed E-state index contributed by atoms with van der Waals surface area (Å²) in [5.74, 6) is 0. The standard InChI is InChI=1S/C14H18N4O3/c15-11-12-10-13(18(20)21)2-3-14(12)17-7-5-16(6-8-17)4-1-9-19/h2-3,10,19H,1,4-9H2. The van der Waals surface area contributed by atoms with Crippen molar-refractivity contribution >= 4 is 11.4 Å². The number of nitrogens with zero attached hydrogens (tertiary/aromatic N) is 4. The summed E-state index contributed by atoms with van der Waals surface area (Å²) in [5, 5.41) is 28.8. The number of aliphatic hydroxyl groups is 1. The van der Waals surface area contributed by atoms with Gasteiger partial charge in [0, 0.05) is 51.5 Å². The number of nitro groups is 1. The molecule has 1 fully saturated rings. The number of piperazine rings is 1. The first-order valence-electron chi connectivity index (χ1n) is 6.92. The fourth-order valence-corrected chi connectivity index (χ4v) is 2.51. The van der Waals surface area contributed by atoms with Crippen LogP contribution in [0.5, 0.6) is 0 Å². The van der Waals surface area contributed by atoms with Gasteiger partial charge in [0.1, 0.15) is 6.07 Å². The first-order valence-corrected chi connectivity index (χ1v) is 6.92. The Balaban J connectivity index is 2.06. The number of aliphatic hydroxyl groups excluding tert-OH is 1. The van der Waals surface area contributed by atoms with Crippen LogP contribution in [0.25, 0.3) is 0 Å². The molecule has 0 bridgehead atoms.